The summed E-state index contributed by atoms with van der Waals surface area (Å²) in [6, 6.07) is 17.1. The van der Waals surface area contributed by atoms with Crippen molar-refractivity contribution in [2.24, 2.45) is 29.6 Å². The van der Waals surface area contributed by atoms with E-state index >= 15 is 4.79 Å². The van der Waals surface area contributed by atoms with E-state index in [0.29, 0.717) is 41.2 Å². The van der Waals surface area contributed by atoms with Crippen molar-refractivity contribution in [3.63, 3.8) is 0 Å². The molecule has 7 rings (SSSR count). The van der Waals surface area contributed by atoms with E-state index in [1.54, 1.807) is 36.4 Å². The number of methoxy groups -OCH3 is 1. The van der Waals surface area contributed by atoms with Crippen molar-refractivity contribution in [2.45, 2.75) is 31.6 Å². The van der Waals surface area contributed by atoms with Crippen LogP contribution in [-0.2, 0) is 24.6 Å². The molecule has 4 amide bonds. The Morgan fingerprint density at radius 1 is 1.00 bits per heavy atom. The fourth-order valence-electron chi connectivity index (χ4n) is 8.42. The molecule has 6 atom stereocenters. The van der Waals surface area contributed by atoms with Crippen molar-refractivity contribution in [2.75, 3.05) is 19.1 Å². The van der Waals surface area contributed by atoms with E-state index in [1.807, 2.05) is 25.2 Å². The van der Waals surface area contributed by atoms with Crippen molar-refractivity contribution in [3.8, 4) is 11.5 Å². The minimum absolute atomic E-state index is 0.0313. The van der Waals surface area contributed by atoms with Gasteiger partial charge in [-0.1, -0.05) is 60.5 Å². The zero-order chi connectivity index (χ0) is 34.6. The Morgan fingerprint density at radius 2 is 1.73 bits per heavy atom. The Balaban J connectivity index is 1.42. The van der Waals surface area contributed by atoms with Crippen LogP contribution in [0.15, 0.2) is 84.5 Å². The first-order valence-electron chi connectivity index (χ1n) is 16.4. The molecule has 3 aromatic carbocycles. The van der Waals surface area contributed by atoms with Gasteiger partial charge < -0.3 is 9.84 Å². The Bertz CT molecular complexity index is 1910. The molecule has 9 nitrogen and oxygen atoms in total. The third-order valence-corrected chi connectivity index (χ3v) is 10.8. The number of nitrogens with zero attached hydrogens (tertiary/aromatic N) is 2. The van der Waals surface area contributed by atoms with Crippen molar-refractivity contribution in [1.82, 2.24) is 9.91 Å². The first kappa shape index (κ1) is 32.6. The molecular weight excluding hydrogens is 649 g/mol. The van der Waals surface area contributed by atoms with Crippen LogP contribution >= 0.6 is 11.6 Å². The van der Waals surface area contributed by atoms with Crippen LogP contribution < -0.4 is 10.2 Å². The van der Waals surface area contributed by atoms with Gasteiger partial charge in [0.1, 0.15) is 5.82 Å². The Labute approximate surface area is 288 Å². The standard InChI is InChI=1S/C38H35ClFN3O6/c1-3-18-42-34(45)27-15-14-26-28(33(27)36(42)47)20-30-35(46)43(41-25-12-10-24(40)11-13-25)37(48)38(30,22-6-8-23(39)9-7-22)29(26)16-4-21-5-17-31(44)32(19-21)49-2/h4-14,16-17,19,27-30,33,41,44H,3,15,18,20H2,1-2H3/t27-,28+,29-,30-,33-,38-/m0/s1. The summed E-state index contributed by atoms with van der Waals surface area (Å²) >= 11 is 6.33. The number of hydrogen-bond acceptors (Lipinski definition) is 7. The van der Waals surface area contributed by atoms with Crippen molar-refractivity contribution >= 4 is 47.0 Å². The van der Waals surface area contributed by atoms with Crippen LogP contribution in [0.5, 0.6) is 11.5 Å². The number of ether oxygens (including phenoxy) is 1. The number of rotatable bonds is 8. The molecule has 2 heterocycles. The van der Waals surface area contributed by atoms with E-state index in [4.69, 9.17) is 16.3 Å². The minimum Gasteiger partial charge on any atom is -0.504 e. The number of likely N-dealkylation sites (tertiary alicyclic amines) is 1. The van der Waals surface area contributed by atoms with E-state index in [9.17, 15) is 23.9 Å². The maximum atomic E-state index is 15.0. The number of benzene rings is 3. The summed E-state index contributed by atoms with van der Waals surface area (Å²) in [5.74, 6) is -4.99. The molecule has 2 saturated heterocycles. The van der Waals surface area contributed by atoms with Crippen molar-refractivity contribution in [3.05, 3.63) is 106 Å². The number of anilines is 1. The summed E-state index contributed by atoms with van der Waals surface area (Å²) < 4.78 is 19.1. The molecule has 1 saturated carbocycles. The van der Waals surface area contributed by atoms with Crippen molar-refractivity contribution in [1.29, 1.82) is 0 Å². The van der Waals surface area contributed by atoms with Gasteiger partial charge in [-0.05, 0) is 84.8 Å². The maximum Gasteiger partial charge on any atom is 0.260 e. The van der Waals surface area contributed by atoms with Gasteiger partial charge in [-0.25, -0.2) is 4.39 Å². The third-order valence-electron chi connectivity index (χ3n) is 10.5. The van der Waals surface area contributed by atoms with Gasteiger partial charge in [0.05, 0.1) is 36.0 Å². The number of hydrogen-bond donors (Lipinski definition) is 2. The Morgan fingerprint density at radius 3 is 2.43 bits per heavy atom. The van der Waals surface area contributed by atoms with Gasteiger partial charge in [-0.3, -0.25) is 29.5 Å². The lowest BCUT2D eigenvalue weighted by Crippen LogP contribution is -2.54. The minimum atomic E-state index is -1.46. The van der Waals surface area contributed by atoms with Gasteiger partial charge in [-0.15, -0.1) is 0 Å². The predicted octanol–water partition coefficient (Wildman–Crippen LogP) is 6.13. The molecule has 0 aromatic heterocycles. The molecule has 2 N–H and O–H groups in total. The lowest BCUT2D eigenvalue weighted by Gasteiger charge is -2.49. The highest BCUT2D eigenvalue weighted by atomic mass is 35.5. The number of aromatic hydroxyl groups is 1. The SMILES string of the molecule is CCCN1C(=O)[C@H]2[C@H](CC=C3[C@H]2C[C@H]2C(=O)N(Nc4ccc(F)cc4)C(=O)[C@@]2(c2ccc(Cl)cc2)[C@H]3C=Cc2ccc(O)c(OC)c2)C1=O. The number of carbonyl (C=O) groups excluding carboxylic acids is 4. The molecule has 252 valence electrons. The topological polar surface area (TPSA) is 116 Å². The van der Waals surface area contributed by atoms with Crippen LogP contribution in [0.1, 0.15) is 37.3 Å². The second kappa shape index (κ2) is 12.5. The number of halogens is 2. The zero-order valence-corrected chi connectivity index (χ0v) is 27.7. The van der Waals surface area contributed by atoms with Crippen LogP contribution in [0.4, 0.5) is 10.1 Å². The molecule has 2 aliphatic carbocycles. The van der Waals surface area contributed by atoms with E-state index in [1.165, 1.54) is 42.3 Å². The number of hydrazine groups is 1. The highest BCUT2D eigenvalue weighted by Crippen LogP contribution is 2.61. The average Bonchev–Trinajstić information content (AvgIpc) is 3.47. The molecule has 4 aliphatic rings. The summed E-state index contributed by atoms with van der Waals surface area (Å²) in [6.07, 6.45) is 6.81. The smallest absolute Gasteiger partial charge is 0.260 e. The zero-order valence-electron chi connectivity index (χ0n) is 26.9. The monoisotopic (exact) mass is 683 g/mol. The van der Waals surface area contributed by atoms with Gasteiger partial charge in [0.15, 0.2) is 11.5 Å². The Kier molecular flexibility index (Phi) is 8.30. The van der Waals surface area contributed by atoms with Crippen LogP contribution in [0.3, 0.4) is 0 Å². The molecule has 0 bridgehead atoms. The summed E-state index contributed by atoms with van der Waals surface area (Å²) in [5.41, 5.74) is 3.89. The molecule has 0 radical (unpaired) electrons. The quantitative estimate of drug-likeness (QED) is 0.217. The molecule has 3 fully saturated rings. The molecular formula is C38H35ClFN3O6. The molecule has 3 aromatic rings. The number of allylic oxidation sites excluding steroid dienone is 3. The molecule has 2 aliphatic heterocycles. The number of imide groups is 2. The average molecular weight is 684 g/mol. The van der Waals surface area contributed by atoms with E-state index < -0.39 is 52.6 Å². The third kappa shape index (κ3) is 5.12. The lowest BCUT2D eigenvalue weighted by atomic mass is 9.50. The summed E-state index contributed by atoms with van der Waals surface area (Å²) in [7, 11) is 1.45. The number of fused-ring (bicyclic) bond motifs is 4. The van der Waals surface area contributed by atoms with E-state index in [-0.39, 0.29) is 29.7 Å². The van der Waals surface area contributed by atoms with Crippen LogP contribution in [-0.4, -0.2) is 52.3 Å². The summed E-state index contributed by atoms with van der Waals surface area (Å²) in [4.78, 5) is 58.4. The first-order valence-corrected chi connectivity index (χ1v) is 16.7. The van der Waals surface area contributed by atoms with Gasteiger partial charge in [0.2, 0.25) is 11.8 Å². The molecule has 49 heavy (non-hydrogen) atoms. The number of phenolic OH excluding ortho intramolecular Hbond substituents is 1. The Hall–Kier alpha value is -4.96. The molecule has 0 spiro atoms. The van der Waals surface area contributed by atoms with Gasteiger partial charge in [-0.2, -0.15) is 5.01 Å². The second-order valence-corrected chi connectivity index (χ2v) is 13.5. The fraction of sp³-hybridized carbons (Fsp3) is 0.316. The van der Waals surface area contributed by atoms with Gasteiger partial charge in [0, 0.05) is 17.5 Å². The maximum absolute atomic E-state index is 15.0. The van der Waals surface area contributed by atoms with Crippen LogP contribution in [0.25, 0.3) is 6.08 Å². The summed E-state index contributed by atoms with van der Waals surface area (Å²) in [5, 5.41) is 11.7. The van der Waals surface area contributed by atoms with E-state index in [0.717, 1.165) is 10.6 Å². The van der Waals surface area contributed by atoms with Gasteiger partial charge >= 0.3 is 0 Å². The molecule has 0 unspecified atom stereocenters. The number of amides is 4. The molecule has 11 heteroatoms. The predicted molar refractivity (Wildman–Crippen MR) is 180 cm³/mol. The van der Waals surface area contributed by atoms with Gasteiger partial charge in [0.25, 0.3) is 11.8 Å². The number of phenols is 1. The lowest BCUT2D eigenvalue weighted by molar-refractivity contribution is -0.141. The van der Waals surface area contributed by atoms with Crippen LogP contribution in [0, 0.1) is 35.4 Å². The summed E-state index contributed by atoms with van der Waals surface area (Å²) in [6.45, 7) is 2.24. The second-order valence-electron chi connectivity index (χ2n) is 13.0. The highest BCUT2D eigenvalue weighted by molar-refractivity contribution is 6.30. The fourth-order valence-corrected chi connectivity index (χ4v) is 8.54. The van der Waals surface area contributed by atoms with E-state index in [2.05, 4.69) is 5.43 Å². The van der Waals surface area contributed by atoms with Crippen molar-refractivity contribution < 1.29 is 33.4 Å². The first-order chi connectivity index (χ1) is 23.6. The number of nitrogens with one attached hydrogen (secondary N) is 1. The number of carbonyl (C=O) groups is 4. The van der Waals surface area contributed by atoms with Crippen LogP contribution in [0.2, 0.25) is 5.02 Å². The highest BCUT2D eigenvalue weighted by Gasteiger charge is 2.69. The normalized spacial score (nSPS) is 27.7. The largest absolute Gasteiger partial charge is 0.504 e.